The number of unbranched alkanes of at least 4 members (excludes halogenated alkanes) is 1. The molecule has 15 N–H and O–H groups in total. The molecule has 0 spiro atoms. The van der Waals surface area contributed by atoms with E-state index in [-0.39, 0.29) is 63.3 Å². The van der Waals surface area contributed by atoms with E-state index in [0.717, 1.165) is 0 Å². The topological polar surface area (TPSA) is 363 Å². The third-order valence-electron chi connectivity index (χ3n) is 10.2. The molecule has 2 heterocycles. The van der Waals surface area contributed by atoms with Crippen LogP contribution >= 0.6 is 0 Å². The zero-order chi connectivity index (χ0) is 46.0. The van der Waals surface area contributed by atoms with Crippen LogP contribution in [0.3, 0.4) is 0 Å². The number of guanidine groups is 1. The predicted octanol–water partition coefficient (Wildman–Crippen LogP) is -1.81. The number of imidazole rings is 1. The largest absolute Gasteiger partial charge is 0.508 e. The number of hydrogen-bond donors (Lipinski definition) is 12. The maximum Gasteiger partial charge on any atom is 0.326 e. The van der Waals surface area contributed by atoms with E-state index in [1.807, 2.05) is 0 Å². The third kappa shape index (κ3) is 16.3. The summed E-state index contributed by atoms with van der Waals surface area (Å²) in [6.07, 6.45) is 4.76. The Hall–Kier alpha value is -6.29. The Morgan fingerprint density at radius 1 is 0.871 bits per heavy atom. The van der Waals surface area contributed by atoms with Crippen molar-refractivity contribution < 1.29 is 48.9 Å². The molecule has 0 radical (unpaired) electrons. The van der Waals surface area contributed by atoms with E-state index in [0.29, 0.717) is 37.1 Å². The first-order chi connectivity index (χ1) is 29.3. The summed E-state index contributed by atoms with van der Waals surface area (Å²) in [5.41, 5.74) is 16.8. The number of phenolic OH excluding ortho intramolecular Hbond substituents is 1. The van der Waals surface area contributed by atoms with Crippen molar-refractivity contribution in [2.75, 3.05) is 26.2 Å². The van der Waals surface area contributed by atoms with Crippen molar-refractivity contribution in [1.29, 1.82) is 0 Å². The fourth-order valence-electron chi connectivity index (χ4n) is 6.86. The molecule has 1 aliphatic rings. The van der Waals surface area contributed by atoms with Gasteiger partial charge in [0.15, 0.2) is 5.96 Å². The second-order valence-corrected chi connectivity index (χ2v) is 16.2. The van der Waals surface area contributed by atoms with Gasteiger partial charge in [0.05, 0.1) is 12.9 Å². The fraction of sp³-hybridized carbons (Fsp3) is 0.575. The molecule has 1 saturated heterocycles. The number of hydrogen-bond acceptors (Lipinski definition) is 12. The van der Waals surface area contributed by atoms with Crippen molar-refractivity contribution in [3.63, 3.8) is 0 Å². The summed E-state index contributed by atoms with van der Waals surface area (Å²) in [6, 6.07) is -1.23. The number of aromatic amines is 1. The summed E-state index contributed by atoms with van der Waals surface area (Å²) in [6.45, 7) is 5.04. The number of carboxylic acid groups (broad SMARTS) is 2. The highest BCUT2D eigenvalue weighted by atomic mass is 16.4. The van der Waals surface area contributed by atoms with E-state index in [4.69, 9.17) is 17.2 Å². The predicted molar refractivity (Wildman–Crippen MR) is 226 cm³/mol. The van der Waals surface area contributed by atoms with Crippen LogP contribution in [0.25, 0.3) is 0 Å². The quantitative estimate of drug-likeness (QED) is 0.0297. The number of phenols is 1. The number of aliphatic carboxylic acids is 2. The Bertz CT molecular complexity index is 1850. The second kappa shape index (κ2) is 24.2. The molecule has 0 bridgehead atoms. The Balaban J connectivity index is 1.82. The van der Waals surface area contributed by atoms with Crippen LogP contribution in [0.5, 0.6) is 5.75 Å². The maximum absolute atomic E-state index is 14.3. The number of nitrogens with one attached hydrogen (secondary N) is 6. The average Bonchev–Trinajstić information content (AvgIpc) is 3.92. The van der Waals surface area contributed by atoms with Crippen LogP contribution < -0.4 is 43.8 Å². The Labute approximate surface area is 359 Å². The maximum atomic E-state index is 14.3. The van der Waals surface area contributed by atoms with Gasteiger partial charge in [-0.15, -0.1) is 0 Å². The normalized spacial score (nSPS) is 16.2. The highest BCUT2D eigenvalue weighted by molar-refractivity contribution is 5.96. The number of H-pyrrole nitrogens is 1. The number of aromatic nitrogens is 2. The number of likely N-dealkylation sites (tertiary alicyclic amines) is 1. The molecule has 1 aliphatic heterocycles. The lowest BCUT2D eigenvalue weighted by molar-refractivity contribution is -0.146. The lowest BCUT2D eigenvalue weighted by Crippen LogP contribution is -2.59. The first kappa shape index (κ1) is 50.1. The van der Waals surface area contributed by atoms with Crippen molar-refractivity contribution in [3.8, 4) is 5.75 Å². The van der Waals surface area contributed by atoms with Gasteiger partial charge in [-0.2, -0.15) is 0 Å². The van der Waals surface area contributed by atoms with Gasteiger partial charge in [-0.05, 0) is 74.6 Å². The molecule has 22 nitrogen and oxygen atoms in total. The third-order valence-corrected chi connectivity index (χ3v) is 10.2. The van der Waals surface area contributed by atoms with E-state index in [9.17, 15) is 48.9 Å². The molecule has 0 saturated carbocycles. The van der Waals surface area contributed by atoms with E-state index in [1.54, 1.807) is 32.9 Å². The summed E-state index contributed by atoms with van der Waals surface area (Å²) in [5, 5.41) is 42.7. The Morgan fingerprint density at radius 3 is 2.15 bits per heavy atom. The van der Waals surface area contributed by atoms with Crippen molar-refractivity contribution >= 4 is 47.4 Å². The number of carboxylic acids is 2. The van der Waals surface area contributed by atoms with Crippen molar-refractivity contribution in [3.05, 3.63) is 48.0 Å². The number of carbonyl (C=O) groups excluding carboxylic acids is 5. The van der Waals surface area contributed by atoms with E-state index in [1.165, 1.54) is 29.6 Å². The highest BCUT2D eigenvalue weighted by Gasteiger charge is 2.40. The fourth-order valence-corrected chi connectivity index (χ4v) is 6.86. The van der Waals surface area contributed by atoms with Gasteiger partial charge < -0.3 is 63.7 Å². The van der Waals surface area contributed by atoms with Gasteiger partial charge >= 0.3 is 11.9 Å². The zero-order valence-electron chi connectivity index (χ0n) is 35.4. The number of aliphatic imine (C=N–C) groups is 1. The minimum absolute atomic E-state index is 0.00180. The molecule has 22 heteroatoms. The molecule has 0 aliphatic carbocycles. The van der Waals surface area contributed by atoms with E-state index >= 15 is 0 Å². The molecule has 3 rings (SSSR count). The summed E-state index contributed by atoms with van der Waals surface area (Å²) in [7, 11) is 0. The molecular formula is C40H62N12O10. The van der Waals surface area contributed by atoms with Gasteiger partial charge in [-0.3, -0.25) is 39.1 Å². The highest BCUT2D eigenvalue weighted by Crippen LogP contribution is 2.22. The number of nitrogens with zero attached hydrogens (tertiary/aromatic N) is 3. The van der Waals surface area contributed by atoms with Crippen molar-refractivity contribution in [2.45, 2.75) is 115 Å². The van der Waals surface area contributed by atoms with Crippen LogP contribution in [-0.2, 0) is 46.4 Å². The molecule has 342 valence electrons. The second-order valence-electron chi connectivity index (χ2n) is 16.2. The Morgan fingerprint density at radius 2 is 1.55 bits per heavy atom. The van der Waals surface area contributed by atoms with Crippen LogP contribution in [0.2, 0.25) is 0 Å². The van der Waals surface area contributed by atoms with Crippen LogP contribution in [0.1, 0.15) is 77.0 Å². The molecular weight excluding hydrogens is 809 g/mol. The van der Waals surface area contributed by atoms with Crippen molar-refractivity contribution in [1.82, 2.24) is 41.5 Å². The Kier molecular flexibility index (Phi) is 19.6. The van der Waals surface area contributed by atoms with Gasteiger partial charge in [-0.1, -0.05) is 32.9 Å². The minimum atomic E-state index is -1.30. The summed E-state index contributed by atoms with van der Waals surface area (Å²) < 4.78 is 0. The average molecular weight is 871 g/mol. The molecule has 1 aromatic carbocycles. The van der Waals surface area contributed by atoms with Crippen LogP contribution in [0.15, 0.2) is 41.8 Å². The number of aromatic hydroxyl groups is 1. The van der Waals surface area contributed by atoms with Crippen LogP contribution in [0.4, 0.5) is 0 Å². The first-order valence-corrected chi connectivity index (χ1v) is 20.5. The molecule has 1 fully saturated rings. The summed E-state index contributed by atoms with van der Waals surface area (Å²) >= 11 is 0. The van der Waals surface area contributed by atoms with E-state index in [2.05, 4.69) is 41.5 Å². The molecule has 5 amide bonds. The number of amides is 5. The van der Waals surface area contributed by atoms with Crippen LogP contribution in [0, 0.1) is 5.41 Å². The van der Waals surface area contributed by atoms with Gasteiger partial charge in [0.1, 0.15) is 42.0 Å². The number of nitrogens with two attached hydrogens (primary N) is 3. The standard InChI is InChI=1S/C40H62N12O10/c1-40(2,3)32(38(61)62)51-34(56)28(18-23-11-13-25(53)14-12-23)50-35(57)30-10-7-17-52(30)36(58)27(8-4-5-15-41)49-33(55)26(9-6-16-45-39(42)43)48-31(54)21-46-29(37(59)60)19-24-20-44-22-47-24/h11-14,20,22,26-30,32,46,53H,4-10,15-19,21,41H2,1-3H3,(H,44,47)(H,48,54)(H,49,55)(H,50,57)(H,51,56)(H,59,60)(H,61,62)(H4,42,43,45)/t26-,27-,28-,29?,30-,32+/m0/s1. The van der Waals surface area contributed by atoms with Gasteiger partial charge in [-0.25, -0.2) is 9.78 Å². The van der Waals surface area contributed by atoms with Crippen LogP contribution in [-0.4, -0.2) is 140 Å². The van der Waals surface area contributed by atoms with Crippen molar-refractivity contribution in [2.24, 2.45) is 27.6 Å². The molecule has 1 unspecified atom stereocenters. The molecule has 62 heavy (non-hydrogen) atoms. The summed E-state index contributed by atoms with van der Waals surface area (Å²) in [5.74, 6) is -6.12. The minimum Gasteiger partial charge on any atom is -0.508 e. The monoisotopic (exact) mass is 870 g/mol. The lowest BCUT2D eigenvalue weighted by Gasteiger charge is -2.32. The lowest BCUT2D eigenvalue weighted by atomic mass is 9.86. The summed E-state index contributed by atoms with van der Waals surface area (Å²) in [4.78, 5) is 105. The zero-order valence-corrected chi connectivity index (χ0v) is 35.4. The molecule has 1 aromatic heterocycles. The van der Waals surface area contributed by atoms with Gasteiger partial charge in [0, 0.05) is 37.8 Å². The molecule has 2 aromatic rings. The SMILES string of the molecule is CC(C)(C)[C@H](NC(=O)[C@H](Cc1ccc(O)cc1)NC(=O)[C@@H]1CCCN1C(=O)[C@H](CCCCN)NC(=O)[C@H](CCCN=C(N)N)NC(=O)CNC(Cc1cnc[nH]1)C(=O)O)C(=O)O. The number of rotatable bonds is 25. The smallest absolute Gasteiger partial charge is 0.326 e. The van der Waals surface area contributed by atoms with Gasteiger partial charge in [0.25, 0.3) is 0 Å². The van der Waals surface area contributed by atoms with E-state index < -0.39 is 89.7 Å². The molecule has 6 atom stereocenters. The van der Waals surface area contributed by atoms with Gasteiger partial charge in [0.2, 0.25) is 29.5 Å². The number of benzene rings is 1. The number of carbonyl (C=O) groups is 7. The first-order valence-electron chi connectivity index (χ1n) is 20.5.